The van der Waals surface area contributed by atoms with Gasteiger partial charge < -0.3 is 5.32 Å². The summed E-state index contributed by atoms with van der Waals surface area (Å²) in [6, 6.07) is 20.4. The summed E-state index contributed by atoms with van der Waals surface area (Å²) in [6.07, 6.45) is 0. The average molecular weight is 434 g/mol. The summed E-state index contributed by atoms with van der Waals surface area (Å²) in [4.78, 5) is 30.6. The molecule has 1 heterocycles. The van der Waals surface area contributed by atoms with Crippen LogP contribution >= 0.6 is 11.8 Å². The number of anilines is 1. The van der Waals surface area contributed by atoms with Crippen LogP contribution in [0.4, 0.5) is 10.1 Å². The Kier molecular flexibility index (Phi) is 5.86. The maximum atomic E-state index is 14.6. The Morgan fingerprint density at radius 1 is 1.06 bits per heavy atom. The third-order valence-corrected chi connectivity index (χ3v) is 5.83. The van der Waals surface area contributed by atoms with E-state index in [0.717, 1.165) is 17.3 Å². The van der Waals surface area contributed by atoms with E-state index in [1.807, 2.05) is 31.2 Å². The molecule has 1 amide bonds. The Bertz CT molecular complexity index is 1340. The number of carbonyl (C=O) groups is 1. The minimum absolute atomic E-state index is 0.0968. The van der Waals surface area contributed by atoms with Gasteiger partial charge in [0, 0.05) is 5.69 Å². The molecule has 5 nitrogen and oxygen atoms in total. The second kappa shape index (κ2) is 8.73. The van der Waals surface area contributed by atoms with E-state index >= 15 is 0 Å². The minimum atomic E-state index is -0.577. The van der Waals surface area contributed by atoms with E-state index in [1.54, 1.807) is 43.3 Å². The van der Waals surface area contributed by atoms with Gasteiger partial charge in [0.1, 0.15) is 5.82 Å². The number of para-hydroxylation sites is 2. The fourth-order valence-corrected chi connectivity index (χ4v) is 4.14. The number of fused-ring (bicyclic) bond motifs is 1. The molecule has 0 aliphatic rings. The van der Waals surface area contributed by atoms with Crippen molar-refractivity contribution < 1.29 is 9.18 Å². The van der Waals surface area contributed by atoms with Crippen LogP contribution in [0.5, 0.6) is 0 Å². The molecule has 156 valence electrons. The van der Waals surface area contributed by atoms with Crippen LogP contribution in [-0.4, -0.2) is 20.7 Å². The van der Waals surface area contributed by atoms with E-state index in [0.29, 0.717) is 16.6 Å². The van der Waals surface area contributed by atoms with Crippen LogP contribution in [0.25, 0.3) is 16.6 Å². The predicted octanol–water partition coefficient (Wildman–Crippen LogP) is 4.95. The van der Waals surface area contributed by atoms with Gasteiger partial charge in [-0.3, -0.25) is 14.2 Å². The van der Waals surface area contributed by atoms with Crippen LogP contribution in [0.1, 0.15) is 12.5 Å². The number of hydrogen-bond acceptors (Lipinski definition) is 4. The summed E-state index contributed by atoms with van der Waals surface area (Å²) < 4.78 is 15.8. The lowest BCUT2D eigenvalue weighted by Gasteiger charge is -2.17. The molecule has 1 atom stereocenters. The van der Waals surface area contributed by atoms with Gasteiger partial charge in [-0.25, -0.2) is 9.37 Å². The standard InChI is InChI=1S/C24H20FN3O2S/c1-15-8-7-9-17(14-15)26-22(29)16(2)31-24-27-20-12-5-3-10-18(20)23(30)28(24)21-13-6-4-11-19(21)25/h3-14,16H,1-2H3,(H,26,29). The van der Waals surface area contributed by atoms with E-state index < -0.39 is 11.1 Å². The molecule has 0 fully saturated rings. The summed E-state index contributed by atoms with van der Waals surface area (Å²) >= 11 is 1.11. The van der Waals surface area contributed by atoms with Crippen LogP contribution in [0.3, 0.4) is 0 Å². The number of thioether (sulfide) groups is 1. The lowest BCUT2D eigenvalue weighted by Crippen LogP contribution is -2.26. The van der Waals surface area contributed by atoms with Gasteiger partial charge in [0.15, 0.2) is 5.16 Å². The Hall–Kier alpha value is -3.45. The van der Waals surface area contributed by atoms with Crippen molar-refractivity contribution in [3.05, 3.63) is 94.5 Å². The smallest absolute Gasteiger partial charge is 0.266 e. The lowest BCUT2D eigenvalue weighted by molar-refractivity contribution is -0.115. The van der Waals surface area contributed by atoms with Crippen molar-refractivity contribution in [2.75, 3.05) is 5.32 Å². The van der Waals surface area contributed by atoms with E-state index in [1.165, 1.54) is 16.7 Å². The molecule has 0 spiro atoms. The molecule has 31 heavy (non-hydrogen) atoms. The molecule has 0 aliphatic carbocycles. The van der Waals surface area contributed by atoms with E-state index in [4.69, 9.17) is 0 Å². The van der Waals surface area contributed by atoms with E-state index in [2.05, 4.69) is 10.3 Å². The molecule has 1 aromatic heterocycles. The summed E-state index contributed by atoms with van der Waals surface area (Å²) in [6.45, 7) is 3.67. The molecule has 4 aromatic rings. The van der Waals surface area contributed by atoms with E-state index in [9.17, 15) is 14.0 Å². The van der Waals surface area contributed by atoms with Gasteiger partial charge in [-0.2, -0.15) is 0 Å². The zero-order chi connectivity index (χ0) is 22.0. The average Bonchev–Trinajstić information content (AvgIpc) is 2.75. The molecule has 0 radical (unpaired) electrons. The van der Waals surface area contributed by atoms with Crippen LogP contribution in [0.2, 0.25) is 0 Å². The molecule has 1 unspecified atom stereocenters. The van der Waals surface area contributed by atoms with Crippen molar-refractivity contribution in [3.8, 4) is 5.69 Å². The predicted molar refractivity (Wildman–Crippen MR) is 122 cm³/mol. The maximum Gasteiger partial charge on any atom is 0.266 e. The van der Waals surface area contributed by atoms with Crippen molar-refractivity contribution in [1.82, 2.24) is 9.55 Å². The number of nitrogens with zero attached hydrogens (tertiary/aromatic N) is 2. The number of halogens is 1. The van der Waals surface area contributed by atoms with Crippen LogP contribution < -0.4 is 10.9 Å². The number of aryl methyl sites for hydroxylation is 1. The normalized spacial score (nSPS) is 12.0. The summed E-state index contributed by atoms with van der Waals surface area (Å²) in [7, 11) is 0. The molecular weight excluding hydrogens is 413 g/mol. The first kappa shape index (κ1) is 20.8. The first-order valence-electron chi connectivity index (χ1n) is 9.75. The highest BCUT2D eigenvalue weighted by Crippen LogP contribution is 2.27. The Morgan fingerprint density at radius 3 is 2.58 bits per heavy atom. The maximum absolute atomic E-state index is 14.6. The molecule has 0 saturated carbocycles. The number of aromatic nitrogens is 2. The van der Waals surface area contributed by atoms with Crippen LogP contribution in [0, 0.1) is 12.7 Å². The van der Waals surface area contributed by atoms with Crippen molar-refractivity contribution >= 4 is 34.3 Å². The highest BCUT2D eigenvalue weighted by atomic mass is 32.2. The molecule has 3 aromatic carbocycles. The molecule has 0 aliphatic heterocycles. The van der Waals surface area contributed by atoms with Crippen molar-refractivity contribution in [2.45, 2.75) is 24.3 Å². The Morgan fingerprint density at radius 2 is 1.81 bits per heavy atom. The highest BCUT2D eigenvalue weighted by molar-refractivity contribution is 8.00. The first-order chi connectivity index (χ1) is 14.9. The number of amides is 1. The molecular formula is C24H20FN3O2S. The van der Waals surface area contributed by atoms with Gasteiger partial charge >= 0.3 is 0 Å². The fourth-order valence-electron chi connectivity index (χ4n) is 3.22. The Labute approximate surface area is 182 Å². The molecule has 1 N–H and O–H groups in total. The number of carbonyl (C=O) groups excluding carboxylic acids is 1. The van der Waals surface area contributed by atoms with Gasteiger partial charge in [0.2, 0.25) is 5.91 Å². The molecule has 4 rings (SSSR count). The molecule has 0 saturated heterocycles. The zero-order valence-electron chi connectivity index (χ0n) is 17.0. The first-order valence-corrected chi connectivity index (χ1v) is 10.6. The number of hydrogen-bond donors (Lipinski definition) is 1. The second-order valence-corrected chi connectivity index (χ2v) is 8.43. The number of benzene rings is 3. The van der Waals surface area contributed by atoms with Crippen molar-refractivity contribution in [1.29, 1.82) is 0 Å². The fraction of sp³-hybridized carbons (Fsp3) is 0.125. The van der Waals surface area contributed by atoms with Crippen molar-refractivity contribution in [3.63, 3.8) is 0 Å². The second-order valence-electron chi connectivity index (χ2n) is 7.12. The Balaban J connectivity index is 1.74. The lowest BCUT2D eigenvalue weighted by atomic mass is 10.2. The third kappa shape index (κ3) is 4.36. The van der Waals surface area contributed by atoms with E-state index in [-0.39, 0.29) is 22.3 Å². The highest BCUT2D eigenvalue weighted by Gasteiger charge is 2.21. The summed E-state index contributed by atoms with van der Waals surface area (Å²) in [5.74, 6) is -0.779. The van der Waals surface area contributed by atoms with Crippen LogP contribution in [0.15, 0.2) is 82.7 Å². The van der Waals surface area contributed by atoms with Gasteiger partial charge in [0.25, 0.3) is 5.56 Å². The number of nitrogens with one attached hydrogen (secondary N) is 1. The van der Waals surface area contributed by atoms with Crippen molar-refractivity contribution in [2.24, 2.45) is 0 Å². The largest absolute Gasteiger partial charge is 0.325 e. The zero-order valence-corrected chi connectivity index (χ0v) is 17.8. The monoisotopic (exact) mass is 433 g/mol. The SMILES string of the molecule is Cc1cccc(NC(=O)C(C)Sc2nc3ccccc3c(=O)n2-c2ccccc2F)c1. The topological polar surface area (TPSA) is 64.0 Å². The third-order valence-electron chi connectivity index (χ3n) is 4.78. The number of rotatable bonds is 5. The van der Waals surface area contributed by atoms with Gasteiger partial charge in [0.05, 0.1) is 21.8 Å². The minimum Gasteiger partial charge on any atom is -0.325 e. The van der Waals surface area contributed by atoms with Gasteiger partial charge in [-0.05, 0) is 55.8 Å². The van der Waals surface area contributed by atoms with Crippen LogP contribution in [-0.2, 0) is 4.79 Å². The summed E-state index contributed by atoms with van der Waals surface area (Å²) in [5, 5.41) is 2.93. The summed E-state index contributed by atoms with van der Waals surface area (Å²) in [5.41, 5.74) is 1.93. The van der Waals surface area contributed by atoms with Gasteiger partial charge in [-0.15, -0.1) is 0 Å². The quantitative estimate of drug-likeness (QED) is 0.357. The molecule has 0 bridgehead atoms. The van der Waals surface area contributed by atoms with Gasteiger partial charge in [-0.1, -0.05) is 48.2 Å². The molecule has 7 heteroatoms.